The van der Waals surface area contributed by atoms with E-state index in [1.54, 1.807) is 4.90 Å². The molecule has 4 aliphatic rings. The van der Waals surface area contributed by atoms with Gasteiger partial charge in [-0.15, -0.1) is 11.8 Å². The number of thioether (sulfide) groups is 1. The van der Waals surface area contributed by atoms with Crippen LogP contribution in [-0.2, 0) is 25.7 Å². The third-order valence-electron chi connectivity index (χ3n) is 6.76. The molecular formula is C24H26N2O5S. The molecule has 4 heterocycles. The highest BCUT2D eigenvalue weighted by Crippen LogP contribution is 2.60. The minimum atomic E-state index is -0.863. The first-order valence-corrected chi connectivity index (χ1v) is 11.9. The molecule has 1 unspecified atom stereocenters. The van der Waals surface area contributed by atoms with Crippen molar-refractivity contribution in [1.29, 1.82) is 0 Å². The lowest BCUT2D eigenvalue weighted by Gasteiger charge is -2.35. The first kappa shape index (κ1) is 21.3. The predicted molar refractivity (Wildman–Crippen MR) is 119 cm³/mol. The van der Waals surface area contributed by atoms with Crippen LogP contribution in [0.5, 0.6) is 0 Å². The van der Waals surface area contributed by atoms with Crippen molar-refractivity contribution in [3.63, 3.8) is 0 Å². The van der Waals surface area contributed by atoms with E-state index >= 15 is 0 Å². The minimum absolute atomic E-state index is 0.0589. The lowest BCUT2D eigenvalue weighted by atomic mass is 9.78. The predicted octanol–water partition coefficient (Wildman–Crippen LogP) is 1.38. The van der Waals surface area contributed by atoms with Crippen molar-refractivity contribution < 1.29 is 24.2 Å². The first-order chi connectivity index (χ1) is 15.6. The summed E-state index contributed by atoms with van der Waals surface area (Å²) in [7, 11) is 0. The number of fused-ring (bicyclic) bond motifs is 2. The van der Waals surface area contributed by atoms with Crippen LogP contribution in [0.25, 0.3) is 0 Å². The molecule has 2 amide bonds. The number of β-amino-alcohol motifs (C(OH)–C–C–N with tert-alkyl or cyclic N) is 1. The maximum atomic E-state index is 13.9. The zero-order chi connectivity index (χ0) is 22.3. The Labute approximate surface area is 191 Å². The van der Waals surface area contributed by atoms with E-state index in [0.717, 1.165) is 5.56 Å². The number of carbonyl (C=O) groups excluding carboxylic acids is 3. The molecule has 2 saturated heterocycles. The summed E-state index contributed by atoms with van der Waals surface area (Å²) >= 11 is 1.52. The molecule has 168 valence electrons. The number of likely N-dealkylation sites (tertiary alicyclic amines) is 1. The highest BCUT2D eigenvalue weighted by atomic mass is 32.2. The molecule has 1 N–H and O–H groups in total. The number of hydrogen-bond acceptors (Lipinski definition) is 6. The van der Waals surface area contributed by atoms with E-state index in [1.165, 1.54) is 16.7 Å². The Morgan fingerprint density at radius 3 is 2.72 bits per heavy atom. The summed E-state index contributed by atoms with van der Waals surface area (Å²) in [6.07, 6.45) is 8.54. The molecule has 0 radical (unpaired) electrons. The molecule has 2 fully saturated rings. The van der Waals surface area contributed by atoms with Gasteiger partial charge in [0, 0.05) is 24.9 Å². The van der Waals surface area contributed by atoms with Crippen molar-refractivity contribution in [2.75, 3.05) is 26.3 Å². The fourth-order valence-electron chi connectivity index (χ4n) is 5.45. The topological polar surface area (TPSA) is 87.2 Å². The van der Waals surface area contributed by atoms with Crippen molar-refractivity contribution >= 4 is 29.5 Å². The highest BCUT2D eigenvalue weighted by Gasteiger charge is 2.70. The zero-order valence-electron chi connectivity index (χ0n) is 17.6. The molecule has 1 aromatic rings. The Hall–Kier alpha value is -2.58. The van der Waals surface area contributed by atoms with E-state index in [9.17, 15) is 19.5 Å². The summed E-state index contributed by atoms with van der Waals surface area (Å²) < 4.78 is 4.58. The lowest BCUT2D eigenvalue weighted by Crippen LogP contribution is -2.53. The fourth-order valence-corrected chi connectivity index (χ4v) is 7.45. The maximum Gasteiger partial charge on any atom is 0.311 e. The number of ether oxygens (including phenoxy) is 1. The molecule has 1 spiro atoms. The van der Waals surface area contributed by atoms with Crippen LogP contribution in [-0.4, -0.2) is 75.0 Å². The largest absolute Gasteiger partial charge is 0.465 e. The number of cyclic esters (lactones) is 1. The van der Waals surface area contributed by atoms with Gasteiger partial charge in [-0.3, -0.25) is 14.4 Å². The average Bonchev–Trinajstić information content (AvgIpc) is 3.16. The van der Waals surface area contributed by atoms with Crippen molar-refractivity contribution in [2.24, 2.45) is 11.8 Å². The van der Waals surface area contributed by atoms with Crippen LogP contribution < -0.4 is 0 Å². The van der Waals surface area contributed by atoms with Crippen molar-refractivity contribution in [2.45, 2.75) is 29.0 Å². The molecule has 1 aromatic carbocycles. The monoisotopic (exact) mass is 454 g/mol. The summed E-state index contributed by atoms with van der Waals surface area (Å²) in [6, 6.07) is 8.97. The molecule has 0 aromatic heterocycles. The Morgan fingerprint density at radius 2 is 1.94 bits per heavy atom. The number of nitrogens with zero attached hydrogens (tertiary/aromatic N) is 2. The van der Waals surface area contributed by atoms with Gasteiger partial charge in [-0.25, -0.2) is 0 Å². The number of hydrogen-bond donors (Lipinski definition) is 1. The summed E-state index contributed by atoms with van der Waals surface area (Å²) in [6.45, 7) is 0.964. The van der Waals surface area contributed by atoms with E-state index in [0.29, 0.717) is 26.1 Å². The first-order valence-electron chi connectivity index (χ1n) is 11.0. The van der Waals surface area contributed by atoms with Crippen molar-refractivity contribution in [1.82, 2.24) is 9.80 Å². The lowest BCUT2D eigenvalue weighted by molar-refractivity contribution is -0.153. The number of amides is 2. The van der Waals surface area contributed by atoms with E-state index in [4.69, 9.17) is 4.74 Å². The molecular weight excluding hydrogens is 428 g/mol. The standard InChI is InChI=1S/C24H26N2O5S/c27-13-12-26-20-22(29)25(15-16-7-2-1-3-8-16)11-6-10-24(20)19(21(26)28)18-17(32-24)9-4-5-14-31-23(18)30/h1-4,6-10,17-20,27H,5,11-15H2/t17-,18+,19+,20?,24+/m1/s1. The summed E-state index contributed by atoms with van der Waals surface area (Å²) in [5.74, 6) is -2.12. The van der Waals surface area contributed by atoms with E-state index in [-0.39, 0.29) is 36.2 Å². The molecule has 8 heteroatoms. The molecule has 0 aliphatic carbocycles. The second kappa shape index (κ2) is 8.41. The van der Waals surface area contributed by atoms with Crippen LogP contribution in [0, 0.1) is 11.8 Å². The Balaban J connectivity index is 1.56. The molecule has 7 nitrogen and oxygen atoms in total. The smallest absolute Gasteiger partial charge is 0.311 e. The van der Waals surface area contributed by atoms with Gasteiger partial charge in [0.2, 0.25) is 11.8 Å². The Kier molecular flexibility index (Phi) is 5.59. The van der Waals surface area contributed by atoms with Crippen LogP contribution in [0.2, 0.25) is 0 Å². The Morgan fingerprint density at radius 1 is 1.12 bits per heavy atom. The highest BCUT2D eigenvalue weighted by molar-refractivity contribution is 8.02. The molecule has 0 saturated carbocycles. The number of benzene rings is 1. The summed E-state index contributed by atoms with van der Waals surface area (Å²) in [4.78, 5) is 43.7. The molecule has 5 atom stereocenters. The number of aliphatic hydroxyl groups is 1. The maximum absolute atomic E-state index is 13.9. The van der Waals surface area contributed by atoms with Crippen molar-refractivity contribution in [3.05, 3.63) is 60.2 Å². The quantitative estimate of drug-likeness (QED) is 0.546. The van der Waals surface area contributed by atoms with Gasteiger partial charge < -0.3 is 19.6 Å². The Bertz CT molecular complexity index is 980. The van der Waals surface area contributed by atoms with Gasteiger partial charge in [-0.1, -0.05) is 54.6 Å². The van der Waals surface area contributed by atoms with Gasteiger partial charge in [0.25, 0.3) is 0 Å². The minimum Gasteiger partial charge on any atom is -0.465 e. The average molecular weight is 455 g/mol. The van der Waals surface area contributed by atoms with E-state index in [1.807, 2.05) is 54.6 Å². The SMILES string of the molecule is O=C1OCCC=C[C@H]2S[C@]34C=CCN(Cc5ccccc5)C(=O)C3N(CCO)C(=O)[C@@H]4[C@@H]12. The van der Waals surface area contributed by atoms with Gasteiger partial charge >= 0.3 is 5.97 Å². The molecule has 5 rings (SSSR count). The van der Waals surface area contributed by atoms with Crippen LogP contribution in [0.3, 0.4) is 0 Å². The normalized spacial score (nSPS) is 33.8. The molecule has 32 heavy (non-hydrogen) atoms. The van der Waals surface area contributed by atoms with E-state index < -0.39 is 22.6 Å². The van der Waals surface area contributed by atoms with Crippen LogP contribution in [0.4, 0.5) is 0 Å². The number of esters is 1. The third kappa shape index (κ3) is 3.28. The number of rotatable bonds is 4. The van der Waals surface area contributed by atoms with Gasteiger partial charge in [0.1, 0.15) is 6.04 Å². The van der Waals surface area contributed by atoms with Crippen LogP contribution >= 0.6 is 11.8 Å². The van der Waals surface area contributed by atoms with E-state index in [2.05, 4.69) is 0 Å². The van der Waals surface area contributed by atoms with Gasteiger partial charge in [0.15, 0.2) is 0 Å². The van der Waals surface area contributed by atoms with Crippen molar-refractivity contribution in [3.8, 4) is 0 Å². The second-order valence-corrected chi connectivity index (χ2v) is 10.1. The number of aliphatic hydroxyl groups excluding tert-OH is 1. The van der Waals surface area contributed by atoms with Gasteiger partial charge in [-0.05, 0) is 12.0 Å². The molecule has 0 bridgehead atoms. The van der Waals surface area contributed by atoms with Gasteiger partial charge in [-0.2, -0.15) is 0 Å². The second-order valence-electron chi connectivity index (χ2n) is 8.59. The number of carbonyl (C=O) groups is 3. The van der Waals surface area contributed by atoms with Crippen LogP contribution in [0.1, 0.15) is 12.0 Å². The summed E-state index contributed by atoms with van der Waals surface area (Å²) in [5.41, 5.74) is 1.01. The molecule has 4 aliphatic heterocycles. The van der Waals surface area contributed by atoms with Gasteiger partial charge in [0.05, 0.1) is 29.8 Å². The third-order valence-corrected chi connectivity index (χ3v) is 8.51. The summed E-state index contributed by atoms with van der Waals surface area (Å²) in [5, 5.41) is 9.45. The fraction of sp³-hybridized carbons (Fsp3) is 0.458. The van der Waals surface area contributed by atoms with Crippen LogP contribution in [0.15, 0.2) is 54.6 Å². The zero-order valence-corrected chi connectivity index (χ0v) is 18.4.